The van der Waals surface area contributed by atoms with Crippen LogP contribution in [-0.2, 0) is 5.11 Å². The van der Waals surface area contributed by atoms with E-state index in [9.17, 15) is 5.11 Å². The van der Waals surface area contributed by atoms with Gasteiger partial charge in [0.1, 0.15) is 0 Å². The Labute approximate surface area is 55.7 Å². The lowest BCUT2D eigenvalue weighted by Crippen LogP contribution is -2.12. The van der Waals surface area contributed by atoms with Gasteiger partial charge in [-0.15, -0.1) is 11.6 Å². The van der Waals surface area contributed by atoms with E-state index in [1.165, 1.54) is 0 Å². The Kier molecular flexibility index (Phi) is 4.29. The Morgan fingerprint density at radius 1 is 1.50 bits per heavy atom. The number of halogens is 1. The van der Waals surface area contributed by atoms with E-state index < -0.39 is 6.10 Å². The molecule has 0 aliphatic heterocycles. The Balaban J connectivity index is 3.17. The van der Waals surface area contributed by atoms with Gasteiger partial charge in [-0.25, -0.2) is 5.11 Å². The summed E-state index contributed by atoms with van der Waals surface area (Å²) in [4.78, 5) is 0. The van der Waals surface area contributed by atoms with Crippen LogP contribution in [0.1, 0.15) is 20.3 Å². The molecule has 0 aromatic rings. The molecule has 1 radical (unpaired) electrons. The fourth-order valence-electron chi connectivity index (χ4n) is 0.441. The predicted molar refractivity (Wildman–Crippen MR) is 34.6 cm³/mol. The Morgan fingerprint density at radius 2 is 2.00 bits per heavy atom. The lowest BCUT2D eigenvalue weighted by molar-refractivity contribution is 0.0474. The second-order valence-electron chi connectivity index (χ2n) is 2.26. The van der Waals surface area contributed by atoms with E-state index in [-0.39, 0.29) is 5.92 Å². The molecule has 1 unspecified atom stereocenters. The molecule has 0 saturated carbocycles. The largest absolute Gasteiger partial charge is 0.233 e. The van der Waals surface area contributed by atoms with Crippen LogP contribution in [0, 0.1) is 5.92 Å². The lowest BCUT2D eigenvalue weighted by atomic mass is 10.1. The molecule has 0 heterocycles. The predicted octanol–water partition coefficient (Wildman–Crippen LogP) is 2.07. The topological polar surface area (TPSA) is 19.9 Å². The van der Waals surface area contributed by atoms with Gasteiger partial charge in [0.05, 0.1) is 6.10 Å². The van der Waals surface area contributed by atoms with Crippen molar-refractivity contribution in [2.24, 2.45) is 5.92 Å². The highest BCUT2D eigenvalue weighted by Gasteiger charge is 2.08. The van der Waals surface area contributed by atoms with Crippen LogP contribution in [0.2, 0.25) is 0 Å². The molecule has 49 valence electrons. The van der Waals surface area contributed by atoms with Gasteiger partial charge in [-0.3, -0.25) is 0 Å². The van der Waals surface area contributed by atoms with Crippen molar-refractivity contribution in [1.82, 2.24) is 0 Å². The van der Waals surface area contributed by atoms with Gasteiger partial charge in [-0.2, -0.15) is 0 Å². The third kappa shape index (κ3) is 3.28. The van der Waals surface area contributed by atoms with E-state index in [2.05, 4.69) is 0 Å². The third-order valence-electron chi connectivity index (χ3n) is 1.14. The molecule has 0 aliphatic carbocycles. The van der Waals surface area contributed by atoms with Gasteiger partial charge < -0.3 is 0 Å². The van der Waals surface area contributed by atoms with Gasteiger partial charge >= 0.3 is 0 Å². The summed E-state index contributed by atoms with van der Waals surface area (Å²) in [6.45, 7) is 3.84. The standard InChI is InChI=1S/C6H12ClO/c1-5(2)6(8)3-4-7/h5-6H,3-4H2,1-2H3. The summed E-state index contributed by atoms with van der Waals surface area (Å²) in [5.74, 6) is 0.723. The van der Waals surface area contributed by atoms with Gasteiger partial charge in [-0.1, -0.05) is 13.8 Å². The van der Waals surface area contributed by atoms with Gasteiger partial charge in [-0.05, 0) is 12.3 Å². The van der Waals surface area contributed by atoms with E-state index >= 15 is 0 Å². The summed E-state index contributed by atoms with van der Waals surface area (Å²) in [5, 5.41) is 10.7. The first-order chi connectivity index (χ1) is 3.68. The molecule has 0 aromatic carbocycles. The Morgan fingerprint density at radius 3 is 2.12 bits per heavy atom. The average Bonchev–Trinajstić information content (AvgIpc) is 1.67. The minimum absolute atomic E-state index is 0.230. The van der Waals surface area contributed by atoms with Crippen molar-refractivity contribution in [2.45, 2.75) is 26.4 Å². The first kappa shape index (κ1) is 8.25. The van der Waals surface area contributed by atoms with Crippen LogP contribution in [0.4, 0.5) is 0 Å². The summed E-state index contributed by atoms with van der Waals surface area (Å²) >= 11 is 5.34. The van der Waals surface area contributed by atoms with Gasteiger partial charge in [0, 0.05) is 5.88 Å². The SMILES string of the molecule is CC(C)C([O])CCCl. The highest BCUT2D eigenvalue weighted by molar-refractivity contribution is 6.17. The van der Waals surface area contributed by atoms with Gasteiger partial charge in [0.25, 0.3) is 0 Å². The zero-order valence-corrected chi connectivity index (χ0v) is 6.11. The van der Waals surface area contributed by atoms with Crippen LogP contribution >= 0.6 is 11.6 Å². The highest BCUT2D eigenvalue weighted by atomic mass is 35.5. The Bertz CT molecular complexity index is 54.5. The van der Waals surface area contributed by atoms with E-state index in [0.29, 0.717) is 12.3 Å². The summed E-state index contributed by atoms with van der Waals surface area (Å²) in [6.07, 6.45) is 0.131. The normalized spacial score (nSPS) is 14.6. The van der Waals surface area contributed by atoms with Crippen LogP contribution in [-0.4, -0.2) is 12.0 Å². The second kappa shape index (κ2) is 4.16. The maximum Gasteiger partial charge on any atom is 0.0964 e. The molecule has 8 heavy (non-hydrogen) atoms. The minimum Gasteiger partial charge on any atom is -0.233 e. The number of hydrogen-bond donors (Lipinski definition) is 0. The zero-order chi connectivity index (χ0) is 6.57. The van der Waals surface area contributed by atoms with Crippen molar-refractivity contribution >= 4 is 11.6 Å². The molecule has 0 rings (SSSR count). The molecular formula is C6H12ClO. The molecule has 2 heteroatoms. The molecule has 0 aromatic heterocycles. The molecule has 0 saturated heterocycles. The smallest absolute Gasteiger partial charge is 0.0964 e. The molecule has 0 fully saturated rings. The quantitative estimate of drug-likeness (QED) is 0.528. The van der Waals surface area contributed by atoms with Crippen molar-refractivity contribution < 1.29 is 5.11 Å². The number of hydrogen-bond acceptors (Lipinski definition) is 0. The molecule has 0 amide bonds. The van der Waals surface area contributed by atoms with Crippen LogP contribution in [0.5, 0.6) is 0 Å². The second-order valence-corrected chi connectivity index (χ2v) is 2.64. The highest BCUT2D eigenvalue weighted by Crippen LogP contribution is 2.06. The summed E-state index contributed by atoms with van der Waals surface area (Å²) in [5.41, 5.74) is 0. The third-order valence-corrected chi connectivity index (χ3v) is 1.36. The molecule has 0 N–H and O–H groups in total. The van der Waals surface area contributed by atoms with Crippen molar-refractivity contribution in [1.29, 1.82) is 0 Å². The number of alkyl halides is 1. The monoisotopic (exact) mass is 135 g/mol. The molecule has 1 atom stereocenters. The van der Waals surface area contributed by atoms with E-state index in [1.54, 1.807) is 0 Å². The van der Waals surface area contributed by atoms with Crippen molar-refractivity contribution in [2.75, 3.05) is 5.88 Å². The van der Waals surface area contributed by atoms with Crippen LogP contribution in [0.3, 0.4) is 0 Å². The molecule has 0 bridgehead atoms. The fraction of sp³-hybridized carbons (Fsp3) is 1.00. The van der Waals surface area contributed by atoms with E-state index in [0.717, 1.165) is 0 Å². The van der Waals surface area contributed by atoms with Crippen molar-refractivity contribution in [3.05, 3.63) is 0 Å². The first-order valence-electron chi connectivity index (χ1n) is 2.90. The molecular weight excluding hydrogens is 124 g/mol. The van der Waals surface area contributed by atoms with Crippen molar-refractivity contribution in [3.63, 3.8) is 0 Å². The zero-order valence-electron chi connectivity index (χ0n) is 5.36. The summed E-state index contributed by atoms with van der Waals surface area (Å²) < 4.78 is 0. The maximum atomic E-state index is 10.7. The summed E-state index contributed by atoms with van der Waals surface area (Å²) in [6, 6.07) is 0. The fourth-order valence-corrected chi connectivity index (χ4v) is 0.656. The first-order valence-corrected chi connectivity index (χ1v) is 3.43. The van der Waals surface area contributed by atoms with Gasteiger partial charge in [0.2, 0.25) is 0 Å². The molecule has 1 nitrogen and oxygen atoms in total. The maximum absolute atomic E-state index is 10.7. The molecule has 0 spiro atoms. The van der Waals surface area contributed by atoms with Gasteiger partial charge in [0.15, 0.2) is 0 Å². The summed E-state index contributed by atoms with van der Waals surface area (Å²) in [7, 11) is 0. The molecule has 0 aliphatic rings. The van der Waals surface area contributed by atoms with Crippen LogP contribution in [0.15, 0.2) is 0 Å². The van der Waals surface area contributed by atoms with Crippen LogP contribution < -0.4 is 0 Å². The van der Waals surface area contributed by atoms with Crippen molar-refractivity contribution in [3.8, 4) is 0 Å². The van der Waals surface area contributed by atoms with Crippen LogP contribution in [0.25, 0.3) is 0 Å². The van der Waals surface area contributed by atoms with E-state index in [4.69, 9.17) is 11.6 Å². The van der Waals surface area contributed by atoms with E-state index in [1.807, 2.05) is 13.8 Å². The number of rotatable bonds is 3. The minimum atomic E-state index is -0.465. The lowest BCUT2D eigenvalue weighted by Gasteiger charge is -2.08. The Hall–Kier alpha value is 0.250. The average molecular weight is 136 g/mol.